The highest BCUT2D eigenvalue weighted by Crippen LogP contribution is 2.30. The molecule has 0 amide bonds. The molecule has 7 nitrogen and oxygen atoms in total. The Hall–Kier alpha value is -3.67. The van der Waals surface area contributed by atoms with Gasteiger partial charge >= 0.3 is 0 Å². The molecule has 0 radical (unpaired) electrons. The molecule has 0 saturated carbocycles. The van der Waals surface area contributed by atoms with E-state index in [-0.39, 0.29) is 11.5 Å². The number of fused-ring (bicyclic) bond motifs is 1. The molecule has 0 aliphatic carbocycles. The molecule has 0 aliphatic heterocycles. The standard InChI is InChI=1S/C25H23FN4O3/c1-25(2,3)32-22(31)10-9-21-18-5-4-6-19(17(18)11-12-28-21)23-29-24(33-30-23)15-7-8-20(26)16(13-15)14-27/h4-8,11-13,22,31H,9-10H2,1-3H3. The molecular formula is C25H23FN4O3. The topological polar surface area (TPSA) is 105 Å². The van der Waals surface area contributed by atoms with Gasteiger partial charge in [-0.3, -0.25) is 4.98 Å². The van der Waals surface area contributed by atoms with Crippen molar-refractivity contribution < 1.29 is 18.8 Å². The molecule has 168 valence electrons. The van der Waals surface area contributed by atoms with Gasteiger partial charge in [0.1, 0.15) is 11.9 Å². The van der Waals surface area contributed by atoms with Crippen LogP contribution in [0.25, 0.3) is 33.6 Å². The summed E-state index contributed by atoms with van der Waals surface area (Å²) in [4.78, 5) is 8.95. The molecule has 2 aromatic carbocycles. The van der Waals surface area contributed by atoms with Crippen molar-refractivity contribution in [1.29, 1.82) is 5.26 Å². The van der Waals surface area contributed by atoms with Crippen LogP contribution in [0.15, 0.2) is 53.2 Å². The summed E-state index contributed by atoms with van der Waals surface area (Å²) in [7, 11) is 0. The summed E-state index contributed by atoms with van der Waals surface area (Å²) in [5, 5.41) is 25.1. The summed E-state index contributed by atoms with van der Waals surface area (Å²) in [6, 6.07) is 13.5. The number of pyridine rings is 1. The van der Waals surface area contributed by atoms with Crippen molar-refractivity contribution >= 4 is 10.8 Å². The van der Waals surface area contributed by atoms with Crippen molar-refractivity contribution in [2.75, 3.05) is 0 Å². The number of aliphatic hydroxyl groups is 1. The largest absolute Gasteiger partial charge is 0.368 e. The van der Waals surface area contributed by atoms with Gasteiger partial charge < -0.3 is 14.4 Å². The molecule has 4 aromatic rings. The number of hydrogen-bond donors (Lipinski definition) is 1. The molecule has 4 rings (SSSR count). The van der Waals surface area contributed by atoms with Crippen molar-refractivity contribution in [3.8, 4) is 28.9 Å². The minimum Gasteiger partial charge on any atom is -0.368 e. The van der Waals surface area contributed by atoms with Gasteiger partial charge in [-0.05, 0) is 56.8 Å². The van der Waals surface area contributed by atoms with Crippen LogP contribution in [0.5, 0.6) is 0 Å². The molecule has 0 saturated heterocycles. The van der Waals surface area contributed by atoms with Gasteiger partial charge in [0.15, 0.2) is 6.29 Å². The number of nitrogens with zero attached hydrogens (tertiary/aromatic N) is 4. The smallest absolute Gasteiger partial charge is 0.258 e. The van der Waals surface area contributed by atoms with Crippen LogP contribution in [-0.2, 0) is 11.2 Å². The lowest BCUT2D eigenvalue weighted by atomic mass is 10.0. The fraction of sp³-hybridized carbons (Fsp3) is 0.280. The number of ether oxygens (including phenoxy) is 1. The molecule has 0 spiro atoms. The van der Waals surface area contributed by atoms with Crippen molar-refractivity contribution in [2.45, 2.75) is 45.5 Å². The minimum absolute atomic E-state index is 0.0919. The van der Waals surface area contributed by atoms with Crippen LogP contribution < -0.4 is 0 Å². The average Bonchev–Trinajstić information content (AvgIpc) is 3.26. The van der Waals surface area contributed by atoms with Crippen LogP contribution >= 0.6 is 0 Å². The maximum atomic E-state index is 13.6. The Labute approximate surface area is 190 Å². The molecule has 1 atom stereocenters. The zero-order valence-corrected chi connectivity index (χ0v) is 18.5. The lowest BCUT2D eigenvalue weighted by Gasteiger charge is -2.24. The third-order valence-electron chi connectivity index (χ3n) is 5.01. The second-order valence-corrected chi connectivity index (χ2v) is 8.61. The highest BCUT2D eigenvalue weighted by molar-refractivity contribution is 5.96. The van der Waals surface area contributed by atoms with Crippen molar-refractivity contribution in [1.82, 2.24) is 15.1 Å². The first-order chi connectivity index (χ1) is 15.7. The van der Waals surface area contributed by atoms with Crippen molar-refractivity contribution in [2.24, 2.45) is 0 Å². The zero-order valence-electron chi connectivity index (χ0n) is 18.5. The molecule has 1 unspecified atom stereocenters. The third kappa shape index (κ3) is 5.06. The number of hydrogen-bond acceptors (Lipinski definition) is 7. The van der Waals surface area contributed by atoms with Crippen molar-refractivity contribution in [3.63, 3.8) is 0 Å². The van der Waals surface area contributed by atoms with E-state index in [4.69, 9.17) is 14.5 Å². The molecule has 33 heavy (non-hydrogen) atoms. The number of rotatable bonds is 6. The predicted octanol–water partition coefficient (Wildman–Crippen LogP) is 5.03. The molecule has 2 heterocycles. The first-order valence-corrected chi connectivity index (χ1v) is 10.5. The lowest BCUT2D eigenvalue weighted by molar-refractivity contribution is -0.167. The van der Waals surface area contributed by atoms with E-state index < -0.39 is 17.7 Å². The molecule has 8 heteroatoms. The molecule has 0 bridgehead atoms. The number of aryl methyl sites for hydroxylation is 1. The Morgan fingerprint density at radius 2 is 2.00 bits per heavy atom. The Balaban J connectivity index is 1.64. The van der Waals surface area contributed by atoms with E-state index in [9.17, 15) is 9.50 Å². The fourth-order valence-corrected chi connectivity index (χ4v) is 3.58. The van der Waals surface area contributed by atoms with E-state index >= 15 is 0 Å². The van der Waals surface area contributed by atoms with Gasteiger partial charge in [-0.1, -0.05) is 23.4 Å². The summed E-state index contributed by atoms with van der Waals surface area (Å²) in [6.07, 6.45) is 1.76. The first kappa shape index (κ1) is 22.5. The normalized spacial score (nSPS) is 12.6. The lowest BCUT2D eigenvalue weighted by Crippen LogP contribution is -2.27. The van der Waals surface area contributed by atoms with E-state index in [1.165, 1.54) is 18.2 Å². The van der Waals surface area contributed by atoms with E-state index in [0.717, 1.165) is 22.0 Å². The van der Waals surface area contributed by atoms with Crippen molar-refractivity contribution in [3.05, 3.63) is 65.7 Å². The number of nitriles is 1. The van der Waals surface area contributed by atoms with Gasteiger partial charge in [0.2, 0.25) is 5.82 Å². The Kier molecular flexibility index (Phi) is 6.18. The van der Waals surface area contributed by atoms with E-state index in [1.54, 1.807) is 6.20 Å². The summed E-state index contributed by atoms with van der Waals surface area (Å²) < 4.78 is 24.6. The fourth-order valence-electron chi connectivity index (χ4n) is 3.58. The summed E-state index contributed by atoms with van der Waals surface area (Å²) in [5.74, 6) is -0.0463. The molecule has 0 fully saturated rings. The molecule has 0 aliphatic rings. The first-order valence-electron chi connectivity index (χ1n) is 10.5. The van der Waals surface area contributed by atoms with E-state index in [2.05, 4.69) is 15.1 Å². The van der Waals surface area contributed by atoms with Gasteiger partial charge in [-0.2, -0.15) is 10.2 Å². The quantitative estimate of drug-likeness (QED) is 0.414. The molecule has 2 aromatic heterocycles. The minimum atomic E-state index is -0.890. The predicted molar refractivity (Wildman–Crippen MR) is 120 cm³/mol. The monoisotopic (exact) mass is 446 g/mol. The SMILES string of the molecule is CC(C)(C)OC(O)CCc1nccc2c(-c3noc(-c4ccc(F)c(C#N)c4)n3)cccc12. The number of aromatic nitrogens is 3. The second-order valence-electron chi connectivity index (χ2n) is 8.61. The maximum absolute atomic E-state index is 13.6. The van der Waals surface area contributed by atoms with Gasteiger partial charge in [0.25, 0.3) is 5.89 Å². The van der Waals surface area contributed by atoms with Crippen LogP contribution in [0.1, 0.15) is 38.4 Å². The van der Waals surface area contributed by atoms with Crippen LogP contribution in [-0.4, -0.2) is 32.1 Å². The molecular weight excluding hydrogens is 423 g/mol. The highest BCUT2D eigenvalue weighted by atomic mass is 19.1. The van der Waals surface area contributed by atoms with Crippen LogP contribution in [0.3, 0.4) is 0 Å². The van der Waals surface area contributed by atoms with Gasteiger partial charge in [-0.15, -0.1) is 0 Å². The average molecular weight is 446 g/mol. The maximum Gasteiger partial charge on any atom is 0.258 e. The summed E-state index contributed by atoms with van der Waals surface area (Å²) in [6.45, 7) is 5.68. The summed E-state index contributed by atoms with van der Waals surface area (Å²) >= 11 is 0. The summed E-state index contributed by atoms with van der Waals surface area (Å²) in [5.41, 5.74) is 1.51. The number of aliphatic hydroxyl groups excluding tert-OH is 1. The Morgan fingerprint density at radius 1 is 1.18 bits per heavy atom. The van der Waals surface area contributed by atoms with Gasteiger partial charge in [-0.25, -0.2) is 4.39 Å². The van der Waals surface area contributed by atoms with Crippen LogP contribution in [0.2, 0.25) is 0 Å². The highest BCUT2D eigenvalue weighted by Gasteiger charge is 2.18. The van der Waals surface area contributed by atoms with Gasteiger partial charge in [0, 0.05) is 34.8 Å². The van der Waals surface area contributed by atoms with Crippen LogP contribution in [0.4, 0.5) is 4.39 Å². The Bertz CT molecular complexity index is 1340. The Morgan fingerprint density at radius 3 is 2.76 bits per heavy atom. The third-order valence-corrected chi connectivity index (χ3v) is 5.01. The second kappa shape index (κ2) is 9.06. The van der Waals surface area contributed by atoms with Gasteiger partial charge in [0.05, 0.1) is 11.2 Å². The van der Waals surface area contributed by atoms with E-state index in [0.29, 0.717) is 24.2 Å². The number of halogens is 1. The zero-order chi connectivity index (χ0) is 23.6. The van der Waals surface area contributed by atoms with Crippen LogP contribution in [0, 0.1) is 17.1 Å². The molecule has 1 N–H and O–H groups in total. The number of benzene rings is 2. The van der Waals surface area contributed by atoms with E-state index in [1.807, 2.05) is 51.1 Å².